The largest absolute Gasteiger partial charge is 0.325 e. The minimum Gasteiger partial charge on any atom is -0.325 e. The molecule has 10 heteroatoms. The van der Waals surface area contributed by atoms with Crippen LogP contribution in [-0.2, 0) is 41.7 Å². The summed E-state index contributed by atoms with van der Waals surface area (Å²) in [5, 5.41) is 0. The van der Waals surface area contributed by atoms with E-state index in [9.17, 15) is 0 Å². The summed E-state index contributed by atoms with van der Waals surface area (Å²) in [4.78, 5) is 1.97. The van der Waals surface area contributed by atoms with Gasteiger partial charge in [0.25, 0.3) is 11.4 Å². The average Bonchev–Trinajstić information content (AvgIpc) is 2.46. The predicted octanol–water partition coefficient (Wildman–Crippen LogP) is 5.21. The first-order valence-corrected chi connectivity index (χ1v) is 13.9. The molecule has 0 bridgehead atoms. The van der Waals surface area contributed by atoms with Gasteiger partial charge in [-0.25, -0.2) is 0 Å². The third kappa shape index (κ3) is 6.22. The van der Waals surface area contributed by atoms with Crippen LogP contribution in [0.2, 0.25) is 0 Å². The van der Waals surface area contributed by atoms with Gasteiger partial charge in [0.2, 0.25) is 0 Å². The topological polar surface area (TPSA) is 36.9 Å². The van der Waals surface area contributed by atoms with Gasteiger partial charge in [0.1, 0.15) is 0 Å². The fraction of sp³-hybridized carbons (Fsp3) is 0.455. The van der Waals surface area contributed by atoms with Crippen LogP contribution in [0.15, 0.2) is 28.0 Å². The standard InChI is InChI=1S/C11H18O4P2S4/c1-9-6-10(20-16(18,12-2)13-3)8-11(7-9)21-17(19,14-4)15-5/h6-8H,1-5H3. The lowest BCUT2D eigenvalue weighted by atomic mass is 10.2. The Bertz CT molecular complexity index is 519. The summed E-state index contributed by atoms with van der Waals surface area (Å²) in [6.45, 7) is 2.01. The first-order valence-electron chi connectivity index (χ1n) is 5.73. The van der Waals surface area contributed by atoms with E-state index in [4.69, 9.17) is 41.7 Å². The van der Waals surface area contributed by atoms with Crippen LogP contribution < -0.4 is 0 Å². The molecule has 0 radical (unpaired) electrons. The van der Waals surface area contributed by atoms with Crippen molar-refractivity contribution < 1.29 is 18.1 Å². The van der Waals surface area contributed by atoms with Crippen molar-refractivity contribution in [1.82, 2.24) is 0 Å². The van der Waals surface area contributed by atoms with Gasteiger partial charge in [0.15, 0.2) is 0 Å². The van der Waals surface area contributed by atoms with E-state index < -0.39 is 11.4 Å². The van der Waals surface area contributed by atoms with Crippen molar-refractivity contribution in [2.24, 2.45) is 0 Å². The van der Waals surface area contributed by atoms with E-state index in [1.165, 1.54) is 22.8 Å². The number of benzene rings is 1. The van der Waals surface area contributed by atoms with Crippen molar-refractivity contribution in [2.45, 2.75) is 16.7 Å². The molecule has 0 spiro atoms. The molecule has 0 unspecified atom stereocenters. The van der Waals surface area contributed by atoms with E-state index in [1.807, 2.05) is 25.1 Å². The fourth-order valence-corrected chi connectivity index (χ4v) is 8.02. The first kappa shape index (κ1) is 20.1. The highest BCUT2D eigenvalue weighted by molar-refractivity contribution is 8.68. The van der Waals surface area contributed by atoms with Gasteiger partial charge in [-0.05, 0) is 77.1 Å². The molecule has 0 fully saturated rings. The van der Waals surface area contributed by atoms with Crippen LogP contribution in [-0.4, -0.2) is 28.4 Å². The van der Waals surface area contributed by atoms with Gasteiger partial charge in [-0.15, -0.1) is 0 Å². The van der Waals surface area contributed by atoms with E-state index >= 15 is 0 Å². The molecule has 0 N–H and O–H groups in total. The van der Waals surface area contributed by atoms with Crippen LogP contribution in [0.25, 0.3) is 0 Å². The molecule has 0 saturated carbocycles. The molecule has 0 aromatic heterocycles. The van der Waals surface area contributed by atoms with Gasteiger partial charge >= 0.3 is 0 Å². The molecule has 0 aliphatic heterocycles. The second-order valence-electron chi connectivity index (χ2n) is 3.79. The Labute approximate surface area is 144 Å². The Kier molecular flexibility index (Phi) is 8.41. The summed E-state index contributed by atoms with van der Waals surface area (Å²) in [5.41, 5.74) is -3.59. The molecule has 0 aliphatic carbocycles. The number of hydrogen-bond donors (Lipinski definition) is 0. The van der Waals surface area contributed by atoms with Gasteiger partial charge in [0.05, 0.1) is 0 Å². The minimum absolute atomic E-state index is 0.985. The Morgan fingerprint density at radius 3 is 1.38 bits per heavy atom. The Balaban J connectivity index is 3.06. The van der Waals surface area contributed by atoms with Gasteiger partial charge in [0, 0.05) is 38.2 Å². The van der Waals surface area contributed by atoms with Crippen molar-refractivity contribution in [3.05, 3.63) is 23.8 Å². The van der Waals surface area contributed by atoms with Crippen molar-refractivity contribution >= 4 is 57.8 Å². The smallest absolute Gasteiger partial charge is 0.251 e. The summed E-state index contributed by atoms with van der Waals surface area (Å²) in [5.74, 6) is 0. The number of rotatable bonds is 8. The lowest BCUT2D eigenvalue weighted by Gasteiger charge is -2.19. The van der Waals surface area contributed by atoms with Crippen LogP contribution in [0.5, 0.6) is 0 Å². The van der Waals surface area contributed by atoms with Gasteiger partial charge in [-0.2, -0.15) is 0 Å². The van der Waals surface area contributed by atoms with Gasteiger partial charge in [-0.1, -0.05) is 0 Å². The molecule has 1 rings (SSSR count). The predicted molar refractivity (Wildman–Crippen MR) is 99.5 cm³/mol. The van der Waals surface area contributed by atoms with Crippen LogP contribution in [0.3, 0.4) is 0 Å². The molecule has 0 atom stereocenters. The highest BCUT2D eigenvalue weighted by Crippen LogP contribution is 2.65. The summed E-state index contributed by atoms with van der Waals surface area (Å²) >= 11 is 13.6. The quantitative estimate of drug-likeness (QED) is 0.547. The zero-order valence-electron chi connectivity index (χ0n) is 12.4. The fourth-order valence-electron chi connectivity index (χ4n) is 1.38. The first-order chi connectivity index (χ1) is 9.79. The summed E-state index contributed by atoms with van der Waals surface area (Å²) in [7, 11) is 6.27. The molecule has 0 heterocycles. The Morgan fingerprint density at radius 2 is 1.10 bits per heavy atom. The van der Waals surface area contributed by atoms with E-state index in [2.05, 4.69) is 0 Å². The number of aryl methyl sites for hydroxylation is 1. The Hall–Kier alpha value is 1.06. The maximum atomic E-state index is 5.39. The molecular weight excluding hydrogens is 386 g/mol. The normalized spacial score (nSPS) is 12.6. The number of hydrogen-bond acceptors (Lipinski definition) is 8. The molecule has 4 nitrogen and oxygen atoms in total. The average molecular weight is 404 g/mol. The van der Waals surface area contributed by atoms with Gasteiger partial charge < -0.3 is 18.1 Å². The second kappa shape index (κ2) is 8.78. The van der Waals surface area contributed by atoms with E-state index in [0.717, 1.165) is 15.4 Å². The third-order valence-corrected chi connectivity index (χ3v) is 13.0. The molecule has 1 aromatic carbocycles. The maximum Gasteiger partial charge on any atom is 0.251 e. The molecule has 0 saturated heterocycles. The zero-order valence-corrected chi connectivity index (χ0v) is 17.4. The van der Waals surface area contributed by atoms with Crippen LogP contribution in [0, 0.1) is 6.92 Å². The van der Waals surface area contributed by atoms with Crippen LogP contribution >= 0.6 is 34.2 Å². The van der Waals surface area contributed by atoms with E-state index in [0.29, 0.717) is 0 Å². The van der Waals surface area contributed by atoms with Crippen LogP contribution in [0.4, 0.5) is 0 Å². The lowest BCUT2D eigenvalue weighted by Crippen LogP contribution is -1.86. The highest BCUT2D eigenvalue weighted by atomic mass is 32.9. The monoisotopic (exact) mass is 404 g/mol. The van der Waals surface area contributed by atoms with Crippen molar-refractivity contribution in [1.29, 1.82) is 0 Å². The molecule has 0 aliphatic rings. The van der Waals surface area contributed by atoms with Gasteiger partial charge in [-0.3, -0.25) is 0 Å². The molecular formula is C11H18O4P2S4. The lowest BCUT2D eigenvalue weighted by molar-refractivity contribution is 0.353. The third-order valence-electron chi connectivity index (χ3n) is 2.35. The molecule has 0 amide bonds. The van der Waals surface area contributed by atoms with Crippen molar-refractivity contribution in [3.8, 4) is 0 Å². The van der Waals surface area contributed by atoms with Crippen molar-refractivity contribution in [2.75, 3.05) is 28.4 Å². The summed E-state index contributed by atoms with van der Waals surface area (Å²) in [6.07, 6.45) is 0. The van der Waals surface area contributed by atoms with Crippen molar-refractivity contribution in [3.63, 3.8) is 0 Å². The molecule has 120 valence electrons. The summed E-state index contributed by atoms with van der Waals surface area (Å²) in [6, 6.07) is 6.08. The van der Waals surface area contributed by atoms with E-state index in [1.54, 1.807) is 28.4 Å². The molecule has 21 heavy (non-hydrogen) atoms. The SMILES string of the molecule is COP(=S)(OC)Sc1cc(C)cc(SP(=S)(OC)OC)c1. The highest BCUT2D eigenvalue weighted by Gasteiger charge is 2.21. The minimum atomic E-state index is -2.35. The van der Waals surface area contributed by atoms with E-state index in [-0.39, 0.29) is 0 Å². The summed E-state index contributed by atoms with van der Waals surface area (Å²) < 4.78 is 21.2. The zero-order chi connectivity index (χ0) is 16.1. The van der Waals surface area contributed by atoms with Crippen LogP contribution in [0.1, 0.15) is 5.56 Å². The molecule has 1 aromatic rings. The Morgan fingerprint density at radius 1 is 0.762 bits per heavy atom. The second-order valence-corrected chi connectivity index (χ2v) is 16.6. The maximum absolute atomic E-state index is 5.39.